The minimum Gasteiger partial charge on any atom is -0.316 e. The molecule has 1 atom stereocenters. The number of pyridine rings is 1. The molecule has 7 nitrogen and oxygen atoms in total. The lowest BCUT2D eigenvalue weighted by Crippen LogP contribution is -2.23. The van der Waals surface area contributed by atoms with Gasteiger partial charge in [-0.15, -0.1) is 11.3 Å². The van der Waals surface area contributed by atoms with E-state index in [-0.39, 0.29) is 10.8 Å². The van der Waals surface area contributed by atoms with Crippen molar-refractivity contribution in [2.24, 2.45) is 0 Å². The van der Waals surface area contributed by atoms with E-state index in [1.165, 1.54) is 60.8 Å². The van der Waals surface area contributed by atoms with Gasteiger partial charge >= 0.3 is 0 Å². The van der Waals surface area contributed by atoms with Crippen LogP contribution in [-0.2, 0) is 27.7 Å². The van der Waals surface area contributed by atoms with E-state index in [2.05, 4.69) is 16.4 Å². The maximum absolute atomic E-state index is 12.7. The topological polar surface area (TPSA) is 103 Å². The van der Waals surface area contributed by atoms with Crippen LogP contribution in [0, 0.1) is 11.3 Å². The first kappa shape index (κ1) is 22.7. The largest absolute Gasteiger partial charge is 0.316 e. The van der Waals surface area contributed by atoms with Crippen molar-refractivity contribution in [3.63, 3.8) is 0 Å². The highest BCUT2D eigenvalue weighted by Crippen LogP contribution is 2.37. The lowest BCUT2D eigenvalue weighted by Gasteiger charge is -2.13. The smallest absolute Gasteiger partial charge is 0.244 e. The fourth-order valence-corrected chi connectivity index (χ4v) is 6.08. The molecule has 10 heteroatoms. The number of carbonyl (C=O) groups excluding carboxylic acids is 1. The van der Waals surface area contributed by atoms with Crippen molar-refractivity contribution in [3.05, 3.63) is 34.3 Å². The molecule has 0 bridgehead atoms. The first-order valence-corrected chi connectivity index (χ1v) is 12.8. The third kappa shape index (κ3) is 4.86. The van der Waals surface area contributed by atoms with Gasteiger partial charge in [-0.3, -0.25) is 4.79 Å². The van der Waals surface area contributed by atoms with E-state index in [1.54, 1.807) is 13.0 Å². The van der Waals surface area contributed by atoms with Crippen molar-refractivity contribution in [1.82, 2.24) is 9.29 Å². The van der Waals surface area contributed by atoms with E-state index in [0.717, 1.165) is 35.6 Å². The first-order valence-electron chi connectivity index (χ1n) is 9.64. The molecule has 1 N–H and O–H groups in total. The Morgan fingerprint density at radius 3 is 2.67 bits per heavy atom. The number of amides is 1. The molecule has 30 heavy (non-hydrogen) atoms. The summed E-state index contributed by atoms with van der Waals surface area (Å²) < 4.78 is 25.4. The number of anilines is 1. The number of sulfonamides is 1. The minimum absolute atomic E-state index is 0.104. The molecule has 1 aliphatic rings. The van der Waals surface area contributed by atoms with Gasteiger partial charge in [-0.25, -0.2) is 17.7 Å². The summed E-state index contributed by atoms with van der Waals surface area (Å²) in [6, 6.07) is 5.35. The van der Waals surface area contributed by atoms with Crippen LogP contribution >= 0.6 is 23.1 Å². The number of hydrogen-bond donors (Lipinski definition) is 1. The Morgan fingerprint density at radius 2 is 2.03 bits per heavy atom. The van der Waals surface area contributed by atoms with Gasteiger partial charge in [0.15, 0.2) is 0 Å². The standard InChI is InChI=1S/C20H24N4O3S3/c1-13(28-18-10-9-14(12-22-18)30(26,27)24(2)3)19(25)23-20-16(11-21)15-7-5-4-6-8-17(15)29-20/h9-10,12-13H,4-8H2,1-3H3,(H,23,25)/t13-/m0/s1. The lowest BCUT2D eigenvalue weighted by molar-refractivity contribution is -0.115. The van der Waals surface area contributed by atoms with Gasteiger partial charge in [0.2, 0.25) is 15.9 Å². The Balaban J connectivity index is 1.69. The number of nitrogens with zero attached hydrogens (tertiary/aromatic N) is 3. The van der Waals surface area contributed by atoms with Crippen LogP contribution in [0.15, 0.2) is 28.3 Å². The fourth-order valence-electron chi connectivity index (χ4n) is 3.20. The molecule has 1 aliphatic carbocycles. The van der Waals surface area contributed by atoms with E-state index in [1.807, 2.05) is 0 Å². The van der Waals surface area contributed by atoms with Crippen molar-refractivity contribution in [2.75, 3.05) is 19.4 Å². The molecule has 0 aliphatic heterocycles. The number of nitrogens with one attached hydrogen (secondary N) is 1. The molecule has 0 fully saturated rings. The maximum atomic E-state index is 12.7. The summed E-state index contributed by atoms with van der Waals surface area (Å²) in [4.78, 5) is 18.2. The molecule has 0 aromatic carbocycles. The Labute approximate surface area is 185 Å². The molecule has 0 unspecified atom stereocenters. The van der Waals surface area contributed by atoms with Gasteiger partial charge in [-0.05, 0) is 50.3 Å². The number of hydrogen-bond acceptors (Lipinski definition) is 7. The van der Waals surface area contributed by atoms with Gasteiger partial charge in [0.05, 0.1) is 15.8 Å². The van der Waals surface area contributed by atoms with Gasteiger partial charge < -0.3 is 5.32 Å². The van der Waals surface area contributed by atoms with E-state index in [4.69, 9.17) is 0 Å². The molecular formula is C20H24N4O3S3. The highest BCUT2D eigenvalue weighted by Gasteiger charge is 2.24. The Bertz CT molecular complexity index is 1070. The molecule has 2 aromatic rings. The normalized spacial score (nSPS) is 15.2. The van der Waals surface area contributed by atoms with Gasteiger partial charge in [-0.1, -0.05) is 18.2 Å². The van der Waals surface area contributed by atoms with Crippen molar-refractivity contribution < 1.29 is 13.2 Å². The third-order valence-electron chi connectivity index (χ3n) is 4.92. The molecular weight excluding hydrogens is 440 g/mol. The zero-order chi connectivity index (χ0) is 21.9. The number of fused-ring (bicyclic) bond motifs is 1. The van der Waals surface area contributed by atoms with E-state index in [9.17, 15) is 18.5 Å². The van der Waals surface area contributed by atoms with Crippen LogP contribution < -0.4 is 5.32 Å². The van der Waals surface area contributed by atoms with E-state index in [0.29, 0.717) is 15.6 Å². The van der Waals surface area contributed by atoms with Crippen molar-refractivity contribution in [2.45, 2.75) is 54.2 Å². The Hall–Kier alpha value is -1.93. The average Bonchev–Trinajstić information content (AvgIpc) is 2.87. The zero-order valence-electron chi connectivity index (χ0n) is 17.1. The number of thioether (sulfide) groups is 1. The van der Waals surface area contributed by atoms with Crippen molar-refractivity contribution in [1.29, 1.82) is 5.26 Å². The number of aromatic nitrogens is 1. The SMILES string of the molecule is C[C@H](Sc1ccc(S(=O)(=O)N(C)C)cn1)C(=O)Nc1sc2c(c1C#N)CCCCC2. The summed E-state index contributed by atoms with van der Waals surface area (Å²) >= 11 is 2.75. The summed E-state index contributed by atoms with van der Waals surface area (Å²) in [6.45, 7) is 1.76. The summed E-state index contributed by atoms with van der Waals surface area (Å²) in [7, 11) is -0.613. The number of carbonyl (C=O) groups is 1. The quantitative estimate of drug-likeness (QED) is 0.517. The second-order valence-electron chi connectivity index (χ2n) is 7.25. The lowest BCUT2D eigenvalue weighted by atomic mass is 10.1. The number of thiophene rings is 1. The monoisotopic (exact) mass is 464 g/mol. The van der Waals surface area contributed by atoms with Gasteiger partial charge in [0.25, 0.3) is 0 Å². The van der Waals surface area contributed by atoms with E-state index < -0.39 is 15.3 Å². The highest BCUT2D eigenvalue weighted by molar-refractivity contribution is 8.00. The summed E-state index contributed by atoms with van der Waals surface area (Å²) in [5, 5.41) is 13.3. The Kier molecular flexibility index (Phi) is 7.18. The minimum atomic E-state index is -3.54. The second kappa shape index (κ2) is 9.47. The average molecular weight is 465 g/mol. The molecule has 3 rings (SSSR count). The summed E-state index contributed by atoms with van der Waals surface area (Å²) in [6.07, 6.45) is 6.50. The van der Waals surface area contributed by atoms with Gasteiger partial charge in [-0.2, -0.15) is 5.26 Å². The van der Waals surface area contributed by atoms with Crippen LogP contribution in [0.2, 0.25) is 0 Å². The predicted octanol–water partition coefficient (Wildman–Crippen LogP) is 3.65. The number of rotatable bonds is 6. The second-order valence-corrected chi connectivity index (χ2v) is 11.9. The number of aryl methyl sites for hydroxylation is 1. The maximum Gasteiger partial charge on any atom is 0.244 e. The molecule has 1 amide bonds. The molecule has 2 heterocycles. The van der Waals surface area contributed by atoms with Crippen molar-refractivity contribution >= 4 is 44.0 Å². The number of nitriles is 1. The van der Waals surface area contributed by atoms with Crippen LogP contribution in [0.1, 0.15) is 42.2 Å². The molecule has 0 spiro atoms. The molecule has 160 valence electrons. The predicted molar refractivity (Wildman–Crippen MR) is 119 cm³/mol. The highest BCUT2D eigenvalue weighted by atomic mass is 32.2. The summed E-state index contributed by atoms with van der Waals surface area (Å²) in [5.41, 5.74) is 1.69. The zero-order valence-corrected chi connectivity index (χ0v) is 19.6. The van der Waals surface area contributed by atoms with E-state index >= 15 is 0 Å². The first-order chi connectivity index (χ1) is 14.2. The third-order valence-corrected chi connectivity index (χ3v) is 8.98. The molecule has 0 radical (unpaired) electrons. The Morgan fingerprint density at radius 1 is 1.30 bits per heavy atom. The fraction of sp³-hybridized carbons (Fsp3) is 0.450. The van der Waals surface area contributed by atoms with Gasteiger partial charge in [0, 0.05) is 25.2 Å². The van der Waals surface area contributed by atoms with Crippen LogP contribution in [0.4, 0.5) is 5.00 Å². The molecule has 0 saturated heterocycles. The molecule has 2 aromatic heterocycles. The summed E-state index contributed by atoms with van der Waals surface area (Å²) in [5.74, 6) is -0.209. The van der Waals surface area contributed by atoms with Crippen LogP contribution in [0.5, 0.6) is 0 Å². The van der Waals surface area contributed by atoms with Crippen LogP contribution in [0.25, 0.3) is 0 Å². The van der Waals surface area contributed by atoms with Crippen LogP contribution in [0.3, 0.4) is 0 Å². The van der Waals surface area contributed by atoms with Gasteiger partial charge in [0.1, 0.15) is 16.0 Å². The molecule has 0 saturated carbocycles. The van der Waals surface area contributed by atoms with Crippen molar-refractivity contribution in [3.8, 4) is 6.07 Å². The van der Waals surface area contributed by atoms with Crippen LogP contribution in [-0.4, -0.2) is 43.0 Å².